The van der Waals surface area contributed by atoms with Gasteiger partial charge in [0.05, 0.1) is 17.9 Å². The number of amides is 1. The van der Waals surface area contributed by atoms with Crippen molar-refractivity contribution in [2.75, 3.05) is 25.6 Å². The SMILES string of the molecule is COCCOC(=O)CCC(=O)NC(=S)Nc1ccc(S(=O)(=O)NCc2ccccc2)cc1. The number of ether oxygens (including phenoxy) is 2. The molecule has 2 aromatic rings. The van der Waals surface area contributed by atoms with Gasteiger partial charge in [-0.25, -0.2) is 13.1 Å². The Morgan fingerprint density at radius 2 is 1.66 bits per heavy atom. The van der Waals surface area contributed by atoms with Crippen LogP contribution >= 0.6 is 12.2 Å². The third-order valence-electron chi connectivity index (χ3n) is 4.09. The summed E-state index contributed by atoms with van der Waals surface area (Å²) in [6, 6.07) is 15.1. The number of hydrogen-bond donors (Lipinski definition) is 3. The molecule has 0 saturated heterocycles. The Bertz CT molecular complexity index is 1010. The van der Waals surface area contributed by atoms with Crippen molar-refractivity contribution in [3.63, 3.8) is 0 Å². The van der Waals surface area contributed by atoms with Crippen molar-refractivity contribution < 1.29 is 27.5 Å². The number of rotatable bonds is 11. The number of methoxy groups -OCH3 is 1. The first-order valence-electron chi connectivity index (χ1n) is 9.69. The van der Waals surface area contributed by atoms with Crippen molar-refractivity contribution >= 4 is 44.9 Å². The number of carbonyl (C=O) groups excluding carboxylic acids is 2. The number of anilines is 1. The minimum Gasteiger partial charge on any atom is -0.463 e. The number of benzene rings is 2. The van der Waals surface area contributed by atoms with Crippen LogP contribution in [-0.4, -0.2) is 45.7 Å². The Balaban J connectivity index is 1.79. The number of sulfonamides is 1. The minimum atomic E-state index is -3.68. The molecule has 2 rings (SSSR count). The van der Waals surface area contributed by atoms with Gasteiger partial charge in [0.2, 0.25) is 15.9 Å². The zero-order chi connectivity index (χ0) is 23.4. The van der Waals surface area contributed by atoms with Crippen LogP contribution in [0.15, 0.2) is 59.5 Å². The summed E-state index contributed by atoms with van der Waals surface area (Å²) in [5, 5.41) is 5.27. The highest BCUT2D eigenvalue weighted by Crippen LogP contribution is 2.14. The van der Waals surface area contributed by atoms with Crippen LogP contribution in [0.1, 0.15) is 18.4 Å². The number of esters is 1. The van der Waals surface area contributed by atoms with Crippen molar-refractivity contribution in [1.82, 2.24) is 10.0 Å². The number of nitrogens with one attached hydrogen (secondary N) is 3. The second-order valence-electron chi connectivity index (χ2n) is 6.55. The molecule has 172 valence electrons. The third kappa shape index (κ3) is 9.10. The predicted molar refractivity (Wildman–Crippen MR) is 123 cm³/mol. The van der Waals surface area contributed by atoms with E-state index in [0.29, 0.717) is 5.69 Å². The summed E-state index contributed by atoms with van der Waals surface area (Å²) in [5.74, 6) is -0.954. The Labute approximate surface area is 192 Å². The number of hydrogen-bond acceptors (Lipinski definition) is 7. The molecule has 0 aliphatic rings. The molecule has 3 N–H and O–H groups in total. The van der Waals surface area contributed by atoms with Crippen molar-refractivity contribution in [1.29, 1.82) is 0 Å². The second-order valence-corrected chi connectivity index (χ2v) is 8.73. The van der Waals surface area contributed by atoms with E-state index < -0.39 is 21.9 Å². The summed E-state index contributed by atoms with van der Waals surface area (Å²) >= 11 is 5.07. The van der Waals surface area contributed by atoms with Gasteiger partial charge < -0.3 is 20.1 Å². The molecule has 0 unspecified atom stereocenters. The van der Waals surface area contributed by atoms with Crippen LogP contribution in [0.2, 0.25) is 0 Å². The summed E-state index contributed by atoms with van der Waals surface area (Å²) in [4.78, 5) is 23.5. The average Bonchev–Trinajstić information content (AvgIpc) is 2.77. The molecule has 0 saturated carbocycles. The lowest BCUT2D eigenvalue weighted by atomic mass is 10.2. The first-order valence-corrected chi connectivity index (χ1v) is 11.6. The van der Waals surface area contributed by atoms with E-state index in [-0.39, 0.29) is 42.6 Å². The lowest BCUT2D eigenvalue weighted by molar-refractivity contribution is -0.146. The van der Waals surface area contributed by atoms with Crippen LogP contribution in [0.3, 0.4) is 0 Å². The number of carbonyl (C=O) groups is 2. The molecule has 0 radical (unpaired) electrons. The van der Waals surface area contributed by atoms with Gasteiger partial charge in [-0.15, -0.1) is 0 Å². The summed E-state index contributed by atoms with van der Waals surface area (Å²) in [6.07, 6.45) is -0.168. The van der Waals surface area contributed by atoms with Crippen molar-refractivity contribution in [2.24, 2.45) is 0 Å². The lowest BCUT2D eigenvalue weighted by Gasteiger charge is -2.11. The first-order chi connectivity index (χ1) is 15.3. The van der Waals surface area contributed by atoms with Crippen LogP contribution in [0.25, 0.3) is 0 Å². The number of thiocarbonyl (C=S) groups is 1. The fraction of sp³-hybridized carbons (Fsp3) is 0.286. The monoisotopic (exact) mass is 479 g/mol. The highest BCUT2D eigenvalue weighted by molar-refractivity contribution is 7.89. The van der Waals surface area contributed by atoms with E-state index in [4.69, 9.17) is 21.7 Å². The average molecular weight is 480 g/mol. The van der Waals surface area contributed by atoms with E-state index in [1.165, 1.54) is 31.4 Å². The maximum atomic E-state index is 12.4. The van der Waals surface area contributed by atoms with Gasteiger partial charge in [0.1, 0.15) is 6.61 Å². The molecule has 32 heavy (non-hydrogen) atoms. The molecule has 0 heterocycles. The highest BCUT2D eigenvalue weighted by atomic mass is 32.2. The fourth-order valence-electron chi connectivity index (χ4n) is 2.45. The van der Waals surface area contributed by atoms with E-state index in [2.05, 4.69) is 15.4 Å². The molecule has 11 heteroatoms. The Hall–Kier alpha value is -2.86. The van der Waals surface area contributed by atoms with E-state index in [1.807, 2.05) is 30.3 Å². The van der Waals surface area contributed by atoms with Gasteiger partial charge in [-0.05, 0) is 42.0 Å². The maximum Gasteiger partial charge on any atom is 0.306 e. The van der Waals surface area contributed by atoms with Gasteiger partial charge >= 0.3 is 5.97 Å². The van der Waals surface area contributed by atoms with Gasteiger partial charge in [-0.2, -0.15) is 0 Å². The topological polar surface area (TPSA) is 123 Å². The summed E-state index contributed by atoms with van der Waals surface area (Å²) in [6.45, 7) is 0.596. The molecule has 0 atom stereocenters. The first kappa shape index (κ1) is 25.4. The van der Waals surface area contributed by atoms with Gasteiger partial charge in [-0.3, -0.25) is 9.59 Å². The molecular weight excluding hydrogens is 454 g/mol. The summed E-state index contributed by atoms with van der Waals surface area (Å²) < 4.78 is 37.0. The molecule has 1 amide bonds. The van der Waals surface area contributed by atoms with Crippen LogP contribution in [0, 0.1) is 0 Å². The highest BCUT2D eigenvalue weighted by Gasteiger charge is 2.14. The van der Waals surface area contributed by atoms with Gasteiger partial charge in [0, 0.05) is 25.8 Å². The quantitative estimate of drug-likeness (QED) is 0.254. The van der Waals surface area contributed by atoms with E-state index >= 15 is 0 Å². The normalized spacial score (nSPS) is 10.9. The van der Waals surface area contributed by atoms with Gasteiger partial charge in [-0.1, -0.05) is 30.3 Å². The predicted octanol–water partition coefficient (Wildman–Crippen LogP) is 1.95. The van der Waals surface area contributed by atoms with Crippen LogP contribution in [0.4, 0.5) is 5.69 Å². The van der Waals surface area contributed by atoms with E-state index in [1.54, 1.807) is 0 Å². The second kappa shape index (κ2) is 12.9. The smallest absolute Gasteiger partial charge is 0.306 e. The van der Waals surface area contributed by atoms with E-state index in [0.717, 1.165) is 5.56 Å². The lowest BCUT2D eigenvalue weighted by Crippen LogP contribution is -2.34. The van der Waals surface area contributed by atoms with Gasteiger partial charge in [0.15, 0.2) is 5.11 Å². The Morgan fingerprint density at radius 1 is 0.969 bits per heavy atom. The maximum absolute atomic E-state index is 12.4. The third-order valence-corrected chi connectivity index (χ3v) is 5.71. The standard InChI is InChI=1S/C21H25N3O6S2/c1-29-13-14-30-20(26)12-11-19(25)24-21(31)23-17-7-9-18(10-8-17)32(27,28)22-15-16-5-3-2-4-6-16/h2-10,22H,11-15H2,1H3,(H2,23,24,25,31). The fourth-order valence-corrected chi connectivity index (χ4v) is 3.70. The van der Waals surface area contributed by atoms with Crippen LogP contribution in [-0.2, 0) is 35.6 Å². The molecule has 0 aliphatic carbocycles. The summed E-state index contributed by atoms with van der Waals surface area (Å²) in [5.41, 5.74) is 1.34. The van der Waals surface area contributed by atoms with Crippen LogP contribution in [0.5, 0.6) is 0 Å². The largest absolute Gasteiger partial charge is 0.463 e. The summed E-state index contributed by atoms with van der Waals surface area (Å²) in [7, 11) is -2.19. The van der Waals surface area contributed by atoms with E-state index in [9.17, 15) is 18.0 Å². The molecule has 9 nitrogen and oxygen atoms in total. The minimum absolute atomic E-state index is 0.0283. The Morgan fingerprint density at radius 3 is 2.31 bits per heavy atom. The zero-order valence-corrected chi connectivity index (χ0v) is 19.1. The molecule has 0 aliphatic heterocycles. The zero-order valence-electron chi connectivity index (χ0n) is 17.5. The Kier molecular flexibility index (Phi) is 10.2. The van der Waals surface area contributed by atoms with Crippen molar-refractivity contribution in [2.45, 2.75) is 24.3 Å². The van der Waals surface area contributed by atoms with Gasteiger partial charge in [0.25, 0.3) is 0 Å². The van der Waals surface area contributed by atoms with Crippen molar-refractivity contribution in [3.8, 4) is 0 Å². The molecule has 0 fully saturated rings. The molecule has 0 aromatic heterocycles. The molecule has 2 aromatic carbocycles. The van der Waals surface area contributed by atoms with Crippen LogP contribution < -0.4 is 15.4 Å². The molecule has 0 bridgehead atoms. The molecule has 0 spiro atoms. The van der Waals surface area contributed by atoms with Crippen molar-refractivity contribution in [3.05, 3.63) is 60.2 Å². The molecular formula is C21H25N3O6S2.